The molecule has 2 N–H and O–H groups in total. The summed E-state index contributed by atoms with van der Waals surface area (Å²) in [5, 5.41) is 0. The molecule has 0 unspecified atom stereocenters. The number of aromatic nitrogens is 1. The number of rotatable bonds is 4. The lowest BCUT2D eigenvalue weighted by molar-refractivity contribution is 0.0593. The van der Waals surface area contributed by atoms with Crippen LogP contribution in [0.25, 0.3) is 0 Å². The van der Waals surface area contributed by atoms with E-state index in [2.05, 4.69) is 9.72 Å². The number of hydrogen-bond acceptors (Lipinski definition) is 6. The van der Waals surface area contributed by atoms with Crippen molar-refractivity contribution in [2.75, 3.05) is 20.0 Å². The highest BCUT2D eigenvalue weighted by molar-refractivity contribution is 5.87. The van der Waals surface area contributed by atoms with Gasteiger partial charge in [0.2, 0.25) is 5.88 Å². The molecule has 6 nitrogen and oxygen atoms in total. The second kappa shape index (κ2) is 5.92. The van der Waals surface area contributed by atoms with E-state index in [1.54, 1.807) is 31.4 Å². The molecule has 1 aromatic heterocycles. The zero-order valence-electron chi connectivity index (χ0n) is 11.1. The molecular weight excluding hydrogens is 260 g/mol. The van der Waals surface area contributed by atoms with E-state index in [1.165, 1.54) is 19.2 Å². The number of ether oxygens (including phenoxy) is 3. The van der Waals surface area contributed by atoms with Crippen LogP contribution in [0.15, 0.2) is 36.4 Å². The molecule has 2 rings (SSSR count). The number of esters is 1. The van der Waals surface area contributed by atoms with Gasteiger partial charge in [0.25, 0.3) is 0 Å². The van der Waals surface area contributed by atoms with Gasteiger partial charge < -0.3 is 19.9 Å². The summed E-state index contributed by atoms with van der Waals surface area (Å²) in [6, 6.07) is 9.98. The third-order valence-corrected chi connectivity index (χ3v) is 2.54. The topological polar surface area (TPSA) is 83.7 Å². The maximum Gasteiger partial charge on any atom is 0.356 e. The van der Waals surface area contributed by atoms with E-state index in [-0.39, 0.29) is 11.6 Å². The van der Waals surface area contributed by atoms with Crippen molar-refractivity contribution in [3.8, 4) is 17.4 Å². The highest BCUT2D eigenvalue weighted by Gasteiger charge is 2.12. The van der Waals surface area contributed by atoms with Crippen LogP contribution in [-0.4, -0.2) is 25.2 Å². The fraction of sp³-hybridized carbons (Fsp3) is 0.143. The van der Waals surface area contributed by atoms with Crippen LogP contribution in [0.1, 0.15) is 10.5 Å². The van der Waals surface area contributed by atoms with Gasteiger partial charge in [0.05, 0.1) is 19.9 Å². The summed E-state index contributed by atoms with van der Waals surface area (Å²) in [4.78, 5) is 15.5. The maximum absolute atomic E-state index is 11.4. The van der Waals surface area contributed by atoms with Crippen LogP contribution in [0.5, 0.6) is 17.4 Å². The van der Waals surface area contributed by atoms with Gasteiger partial charge in [-0.15, -0.1) is 0 Å². The van der Waals surface area contributed by atoms with Crippen molar-refractivity contribution in [3.63, 3.8) is 0 Å². The molecule has 6 heteroatoms. The van der Waals surface area contributed by atoms with Crippen LogP contribution < -0.4 is 15.2 Å². The monoisotopic (exact) mass is 274 g/mol. The van der Waals surface area contributed by atoms with Crippen molar-refractivity contribution in [1.29, 1.82) is 0 Å². The Morgan fingerprint density at radius 1 is 1.15 bits per heavy atom. The largest absolute Gasteiger partial charge is 0.497 e. The lowest BCUT2D eigenvalue weighted by Gasteiger charge is -2.09. The molecular formula is C14H14N2O4. The lowest BCUT2D eigenvalue weighted by Crippen LogP contribution is -2.06. The third kappa shape index (κ3) is 2.97. The lowest BCUT2D eigenvalue weighted by atomic mass is 10.3. The molecule has 1 heterocycles. The predicted molar refractivity (Wildman–Crippen MR) is 73.1 cm³/mol. The molecule has 0 radical (unpaired) electrons. The highest BCUT2D eigenvalue weighted by Crippen LogP contribution is 2.27. The van der Waals surface area contributed by atoms with Crippen LogP contribution in [0.4, 0.5) is 5.69 Å². The van der Waals surface area contributed by atoms with E-state index in [4.69, 9.17) is 15.2 Å². The van der Waals surface area contributed by atoms with Gasteiger partial charge in [-0.3, -0.25) is 0 Å². The van der Waals surface area contributed by atoms with Crippen LogP contribution in [0.3, 0.4) is 0 Å². The fourth-order valence-electron chi connectivity index (χ4n) is 1.53. The average Bonchev–Trinajstić information content (AvgIpc) is 2.49. The van der Waals surface area contributed by atoms with Crippen LogP contribution >= 0.6 is 0 Å². The standard InChI is InChI=1S/C14H14N2O4/c1-18-9-4-3-5-10(8-9)20-13-11(15)6-7-12(16-13)14(17)19-2/h3-8H,15H2,1-2H3. The first-order chi connectivity index (χ1) is 9.63. The highest BCUT2D eigenvalue weighted by atomic mass is 16.5. The molecule has 0 atom stereocenters. The number of benzene rings is 1. The van der Waals surface area contributed by atoms with Crippen LogP contribution in [0.2, 0.25) is 0 Å². The van der Waals surface area contributed by atoms with Crippen molar-refractivity contribution in [3.05, 3.63) is 42.1 Å². The van der Waals surface area contributed by atoms with Crippen molar-refractivity contribution in [2.24, 2.45) is 0 Å². The molecule has 0 spiro atoms. The SMILES string of the molecule is COC(=O)c1ccc(N)c(Oc2cccc(OC)c2)n1. The second-order valence-electron chi connectivity index (χ2n) is 3.86. The summed E-state index contributed by atoms with van der Waals surface area (Å²) >= 11 is 0. The fourth-order valence-corrected chi connectivity index (χ4v) is 1.53. The van der Waals surface area contributed by atoms with Gasteiger partial charge in [-0.1, -0.05) is 6.07 Å². The predicted octanol–water partition coefficient (Wildman–Crippen LogP) is 2.25. The second-order valence-corrected chi connectivity index (χ2v) is 3.86. The Kier molecular flexibility index (Phi) is 4.05. The van der Waals surface area contributed by atoms with E-state index in [0.29, 0.717) is 17.2 Å². The Morgan fingerprint density at radius 3 is 2.60 bits per heavy atom. The number of pyridine rings is 1. The van der Waals surface area contributed by atoms with Gasteiger partial charge in [0, 0.05) is 6.07 Å². The number of anilines is 1. The first-order valence-electron chi connectivity index (χ1n) is 5.81. The molecule has 0 aliphatic rings. The normalized spacial score (nSPS) is 9.90. The van der Waals surface area contributed by atoms with Crippen molar-refractivity contribution in [1.82, 2.24) is 4.98 Å². The molecule has 0 fully saturated rings. The maximum atomic E-state index is 11.4. The number of methoxy groups -OCH3 is 2. The smallest absolute Gasteiger partial charge is 0.356 e. The minimum Gasteiger partial charge on any atom is -0.497 e. The zero-order chi connectivity index (χ0) is 14.5. The first-order valence-corrected chi connectivity index (χ1v) is 5.81. The molecule has 20 heavy (non-hydrogen) atoms. The minimum absolute atomic E-state index is 0.125. The summed E-state index contributed by atoms with van der Waals surface area (Å²) < 4.78 is 15.3. The summed E-state index contributed by atoms with van der Waals surface area (Å²) in [5.41, 5.74) is 6.22. The number of nitrogens with two attached hydrogens (primary N) is 1. The van der Waals surface area contributed by atoms with E-state index in [9.17, 15) is 4.79 Å². The van der Waals surface area contributed by atoms with Gasteiger partial charge in [-0.05, 0) is 24.3 Å². The molecule has 0 amide bonds. The van der Waals surface area contributed by atoms with E-state index >= 15 is 0 Å². The van der Waals surface area contributed by atoms with E-state index < -0.39 is 5.97 Å². The van der Waals surface area contributed by atoms with Gasteiger partial charge in [0.1, 0.15) is 11.5 Å². The van der Waals surface area contributed by atoms with Gasteiger partial charge >= 0.3 is 5.97 Å². The zero-order valence-corrected chi connectivity index (χ0v) is 11.1. The quantitative estimate of drug-likeness (QED) is 0.861. The molecule has 104 valence electrons. The molecule has 0 bridgehead atoms. The van der Waals surface area contributed by atoms with E-state index in [0.717, 1.165) is 0 Å². The van der Waals surface area contributed by atoms with Crippen LogP contribution in [-0.2, 0) is 4.74 Å². The molecule has 0 saturated heterocycles. The van der Waals surface area contributed by atoms with Gasteiger partial charge in [-0.2, -0.15) is 0 Å². The number of hydrogen-bond donors (Lipinski definition) is 1. The Labute approximate surface area is 116 Å². The summed E-state index contributed by atoms with van der Waals surface area (Å²) in [7, 11) is 2.84. The summed E-state index contributed by atoms with van der Waals surface area (Å²) in [6.45, 7) is 0. The summed E-state index contributed by atoms with van der Waals surface area (Å²) in [5.74, 6) is 0.734. The number of nitrogen functional groups attached to an aromatic ring is 1. The van der Waals surface area contributed by atoms with Crippen molar-refractivity contribution >= 4 is 11.7 Å². The third-order valence-electron chi connectivity index (χ3n) is 2.54. The molecule has 0 aliphatic carbocycles. The van der Waals surface area contributed by atoms with Gasteiger partial charge in [0.15, 0.2) is 5.69 Å². The Balaban J connectivity index is 2.30. The molecule has 1 aromatic carbocycles. The van der Waals surface area contributed by atoms with E-state index in [1.807, 2.05) is 0 Å². The molecule has 0 aliphatic heterocycles. The Bertz CT molecular complexity index is 628. The summed E-state index contributed by atoms with van der Waals surface area (Å²) in [6.07, 6.45) is 0. The average molecular weight is 274 g/mol. The molecule has 2 aromatic rings. The Hall–Kier alpha value is -2.76. The van der Waals surface area contributed by atoms with Crippen molar-refractivity contribution in [2.45, 2.75) is 0 Å². The van der Waals surface area contributed by atoms with Gasteiger partial charge in [-0.25, -0.2) is 9.78 Å². The van der Waals surface area contributed by atoms with Crippen molar-refractivity contribution < 1.29 is 19.0 Å². The Morgan fingerprint density at radius 2 is 1.90 bits per heavy atom. The number of carbonyl (C=O) groups is 1. The first kappa shape index (κ1) is 13.7. The molecule has 0 saturated carbocycles. The number of nitrogens with zero attached hydrogens (tertiary/aromatic N) is 1. The minimum atomic E-state index is -0.555. The van der Waals surface area contributed by atoms with Crippen LogP contribution in [0, 0.1) is 0 Å². The number of carbonyl (C=O) groups excluding carboxylic acids is 1.